The summed E-state index contributed by atoms with van der Waals surface area (Å²) in [6.07, 6.45) is 3.05. The number of fused-ring (bicyclic) bond motifs is 1. The van der Waals surface area contributed by atoms with E-state index in [1.165, 1.54) is 17.4 Å². The number of thiazole rings is 1. The SMILES string of the molecule is COc1ccc(/C=C/C(=O)N[C@H](C)C(=O)Nc2nc3ccc(OC)cc3s2)cc1. The zero-order valence-electron chi connectivity index (χ0n) is 16.3. The Morgan fingerprint density at radius 2 is 1.76 bits per heavy atom. The average molecular weight is 411 g/mol. The van der Waals surface area contributed by atoms with Gasteiger partial charge in [0.2, 0.25) is 11.8 Å². The Hall–Kier alpha value is -3.39. The minimum absolute atomic E-state index is 0.345. The van der Waals surface area contributed by atoms with E-state index in [1.54, 1.807) is 39.4 Å². The van der Waals surface area contributed by atoms with Gasteiger partial charge in [0, 0.05) is 6.08 Å². The molecule has 150 valence electrons. The van der Waals surface area contributed by atoms with Crippen molar-refractivity contribution in [3.8, 4) is 11.5 Å². The molecule has 0 aliphatic heterocycles. The molecule has 0 fully saturated rings. The number of benzene rings is 2. The molecule has 2 aromatic carbocycles. The van der Waals surface area contributed by atoms with Gasteiger partial charge in [0.1, 0.15) is 17.5 Å². The zero-order chi connectivity index (χ0) is 20.8. The highest BCUT2D eigenvalue weighted by molar-refractivity contribution is 7.22. The molecule has 3 aromatic rings. The van der Waals surface area contributed by atoms with E-state index in [1.807, 2.05) is 30.3 Å². The maximum absolute atomic E-state index is 12.4. The van der Waals surface area contributed by atoms with Crippen LogP contribution in [0.15, 0.2) is 48.5 Å². The molecular formula is C21H21N3O4S. The molecule has 0 saturated heterocycles. The van der Waals surface area contributed by atoms with Crippen molar-refractivity contribution in [1.29, 1.82) is 0 Å². The molecular weight excluding hydrogens is 390 g/mol. The van der Waals surface area contributed by atoms with Gasteiger partial charge in [-0.1, -0.05) is 23.5 Å². The highest BCUT2D eigenvalue weighted by Crippen LogP contribution is 2.29. The van der Waals surface area contributed by atoms with E-state index >= 15 is 0 Å². The summed E-state index contributed by atoms with van der Waals surface area (Å²) in [7, 11) is 3.19. The summed E-state index contributed by atoms with van der Waals surface area (Å²) < 4.78 is 11.2. The van der Waals surface area contributed by atoms with Crippen molar-refractivity contribution in [2.45, 2.75) is 13.0 Å². The number of nitrogens with zero attached hydrogens (tertiary/aromatic N) is 1. The quantitative estimate of drug-likeness (QED) is 0.581. The van der Waals surface area contributed by atoms with Gasteiger partial charge in [-0.25, -0.2) is 4.98 Å². The Balaban J connectivity index is 1.56. The van der Waals surface area contributed by atoms with Crippen LogP contribution in [0, 0.1) is 0 Å². The number of aromatic nitrogens is 1. The Labute approximate surface area is 172 Å². The fourth-order valence-corrected chi connectivity index (χ4v) is 3.41. The van der Waals surface area contributed by atoms with Crippen LogP contribution in [0.25, 0.3) is 16.3 Å². The molecule has 8 heteroatoms. The van der Waals surface area contributed by atoms with Crippen molar-refractivity contribution in [3.05, 3.63) is 54.1 Å². The standard InChI is InChI=1S/C21H21N3O4S/c1-13(22-19(25)11-6-14-4-7-15(27-2)8-5-14)20(26)24-21-23-17-10-9-16(28-3)12-18(17)29-21/h4-13H,1-3H3,(H,22,25)(H,23,24,26)/b11-6+/t13-/m1/s1. The second-order valence-electron chi connectivity index (χ2n) is 6.18. The summed E-state index contributed by atoms with van der Waals surface area (Å²) in [5.41, 5.74) is 1.62. The van der Waals surface area contributed by atoms with Crippen LogP contribution in [0.1, 0.15) is 12.5 Å². The van der Waals surface area contributed by atoms with E-state index in [9.17, 15) is 9.59 Å². The fourth-order valence-electron chi connectivity index (χ4n) is 2.51. The van der Waals surface area contributed by atoms with Crippen LogP contribution in [0.3, 0.4) is 0 Å². The lowest BCUT2D eigenvalue weighted by Gasteiger charge is -2.11. The van der Waals surface area contributed by atoms with Gasteiger partial charge in [-0.15, -0.1) is 0 Å². The number of amides is 2. The third kappa shape index (κ3) is 5.32. The van der Waals surface area contributed by atoms with Crippen molar-refractivity contribution in [2.75, 3.05) is 19.5 Å². The van der Waals surface area contributed by atoms with Gasteiger partial charge in [0.15, 0.2) is 5.13 Å². The summed E-state index contributed by atoms with van der Waals surface area (Å²) in [6.45, 7) is 1.62. The van der Waals surface area contributed by atoms with E-state index < -0.39 is 6.04 Å². The van der Waals surface area contributed by atoms with Crippen molar-refractivity contribution >= 4 is 44.6 Å². The summed E-state index contributed by atoms with van der Waals surface area (Å²) in [6, 6.07) is 12.1. The smallest absolute Gasteiger partial charge is 0.248 e. The molecule has 0 aliphatic rings. The Morgan fingerprint density at radius 1 is 1.07 bits per heavy atom. The molecule has 0 unspecified atom stereocenters. The summed E-state index contributed by atoms with van der Waals surface area (Å²) in [4.78, 5) is 28.8. The van der Waals surface area contributed by atoms with Crippen LogP contribution in [-0.2, 0) is 9.59 Å². The molecule has 0 spiro atoms. The van der Waals surface area contributed by atoms with Gasteiger partial charge in [0.25, 0.3) is 0 Å². The molecule has 2 amide bonds. The fraction of sp³-hybridized carbons (Fsp3) is 0.190. The first kappa shape index (κ1) is 20.3. The number of carbonyl (C=O) groups excluding carboxylic acids is 2. The lowest BCUT2D eigenvalue weighted by atomic mass is 10.2. The second-order valence-corrected chi connectivity index (χ2v) is 7.21. The van der Waals surface area contributed by atoms with E-state index in [0.29, 0.717) is 5.13 Å². The van der Waals surface area contributed by atoms with Gasteiger partial charge < -0.3 is 20.1 Å². The molecule has 3 rings (SSSR count). The predicted octanol–water partition coefficient (Wildman–Crippen LogP) is 3.47. The Bertz CT molecular complexity index is 1040. The second kappa shape index (κ2) is 9.20. The molecule has 1 atom stereocenters. The number of carbonyl (C=O) groups is 2. The predicted molar refractivity (Wildman–Crippen MR) is 114 cm³/mol. The molecule has 2 N–H and O–H groups in total. The first-order valence-corrected chi connectivity index (χ1v) is 9.68. The number of rotatable bonds is 7. The van der Waals surface area contributed by atoms with Gasteiger partial charge in [-0.3, -0.25) is 9.59 Å². The molecule has 0 radical (unpaired) electrons. The monoisotopic (exact) mass is 411 g/mol. The van der Waals surface area contributed by atoms with Crippen molar-refractivity contribution in [1.82, 2.24) is 10.3 Å². The summed E-state index contributed by atoms with van der Waals surface area (Å²) in [5, 5.41) is 5.84. The number of hydrogen-bond donors (Lipinski definition) is 2. The molecule has 0 aliphatic carbocycles. The molecule has 0 bridgehead atoms. The van der Waals surface area contributed by atoms with Gasteiger partial charge in [-0.2, -0.15) is 0 Å². The lowest BCUT2D eigenvalue weighted by Crippen LogP contribution is -2.40. The van der Waals surface area contributed by atoms with Crippen LogP contribution < -0.4 is 20.1 Å². The minimum Gasteiger partial charge on any atom is -0.497 e. The lowest BCUT2D eigenvalue weighted by molar-refractivity contribution is -0.123. The number of methoxy groups -OCH3 is 2. The number of ether oxygens (including phenoxy) is 2. The van der Waals surface area contributed by atoms with Crippen molar-refractivity contribution in [2.24, 2.45) is 0 Å². The van der Waals surface area contributed by atoms with Crippen molar-refractivity contribution < 1.29 is 19.1 Å². The third-order valence-corrected chi connectivity index (χ3v) is 5.05. The first-order chi connectivity index (χ1) is 14.0. The Kier molecular flexibility index (Phi) is 6.46. The number of hydrogen-bond acceptors (Lipinski definition) is 6. The number of anilines is 1. The number of nitrogens with one attached hydrogen (secondary N) is 2. The minimum atomic E-state index is -0.718. The summed E-state index contributed by atoms with van der Waals surface area (Å²) >= 11 is 1.34. The summed E-state index contributed by atoms with van der Waals surface area (Å²) in [5.74, 6) is 0.758. The average Bonchev–Trinajstić information content (AvgIpc) is 3.13. The molecule has 29 heavy (non-hydrogen) atoms. The van der Waals surface area contributed by atoms with Crippen LogP contribution in [0.2, 0.25) is 0 Å². The first-order valence-electron chi connectivity index (χ1n) is 8.86. The van der Waals surface area contributed by atoms with E-state index in [4.69, 9.17) is 9.47 Å². The maximum atomic E-state index is 12.4. The molecule has 7 nitrogen and oxygen atoms in total. The highest BCUT2D eigenvalue weighted by atomic mass is 32.1. The highest BCUT2D eigenvalue weighted by Gasteiger charge is 2.16. The van der Waals surface area contributed by atoms with Crippen LogP contribution in [0.5, 0.6) is 11.5 Å². The van der Waals surface area contributed by atoms with E-state index in [2.05, 4.69) is 15.6 Å². The molecule has 0 saturated carbocycles. The zero-order valence-corrected chi connectivity index (χ0v) is 17.1. The van der Waals surface area contributed by atoms with Crippen LogP contribution >= 0.6 is 11.3 Å². The normalized spacial score (nSPS) is 12.0. The van der Waals surface area contributed by atoms with Crippen LogP contribution in [-0.4, -0.2) is 37.1 Å². The topological polar surface area (TPSA) is 89.5 Å². The van der Waals surface area contributed by atoms with Crippen molar-refractivity contribution in [3.63, 3.8) is 0 Å². The van der Waals surface area contributed by atoms with Gasteiger partial charge in [-0.05, 0) is 48.9 Å². The maximum Gasteiger partial charge on any atom is 0.248 e. The van der Waals surface area contributed by atoms with Crippen LogP contribution in [0.4, 0.5) is 5.13 Å². The van der Waals surface area contributed by atoms with Gasteiger partial charge >= 0.3 is 0 Å². The molecule has 1 heterocycles. The Morgan fingerprint density at radius 3 is 2.45 bits per heavy atom. The largest absolute Gasteiger partial charge is 0.497 e. The molecule has 1 aromatic heterocycles. The van der Waals surface area contributed by atoms with E-state index in [-0.39, 0.29) is 11.8 Å². The van der Waals surface area contributed by atoms with E-state index in [0.717, 1.165) is 27.3 Å². The third-order valence-electron chi connectivity index (χ3n) is 4.12. The van der Waals surface area contributed by atoms with Gasteiger partial charge in [0.05, 0.1) is 24.4 Å².